The van der Waals surface area contributed by atoms with Crippen molar-refractivity contribution in [1.29, 1.82) is 0 Å². The predicted molar refractivity (Wildman–Crippen MR) is 106 cm³/mol. The molecule has 0 bridgehead atoms. The normalized spacial score (nSPS) is 10.3. The van der Waals surface area contributed by atoms with Crippen LogP contribution in [-0.2, 0) is 11.2 Å². The molecule has 0 radical (unpaired) electrons. The van der Waals surface area contributed by atoms with Crippen molar-refractivity contribution in [3.63, 3.8) is 0 Å². The first-order chi connectivity index (χ1) is 13.0. The molecule has 0 aromatic heterocycles. The molecule has 3 aromatic rings. The highest BCUT2D eigenvalue weighted by Crippen LogP contribution is 2.27. The lowest BCUT2D eigenvalue weighted by Gasteiger charge is -2.10. The average Bonchev–Trinajstić information content (AvgIpc) is 2.64. The standard InChI is InChI=1S/C22H20N2O3/c1-15-6-5-9-17(12-15)22(27)24-19-11-10-18(14-20(19)25)23-21(26)13-16-7-3-2-4-8-16/h2-12,14,25H,13H2,1H3,(H,23,26)(H,24,27). The molecule has 2 amide bonds. The average molecular weight is 360 g/mol. The fraction of sp³-hybridized carbons (Fsp3) is 0.0909. The van der Waals surface area contributed by atoms with Gasteiger partial charge < -0.3 is 15.7 Å². The number of hydrogen-bond acceptors (Lipinski definition) is 3. The molecule has 0 aliphatic rings. The van der Waals surface area contributed by atoms with Crippen LogP contribution in [0.25, 0.3) is 0 Å². The predicted octanol–water partition coefficient (Wildman–Crippen LogP) is 4.13. The van der Waals surface area contributed by atoms with Gasteiger partial charge in [-0.15, -0.1) is 0 Å². The van der Waals surface area contributed by atoms with E-state index < -0.39 is 0 Å². The first-order valence-electron chi connectivity index (χ1n) is 8.56. The Hall–Kier alpha value is -3.60. The maximum atomic E-state index is 12.3. The van der Waals surface area contributed by atoms with Gasteiger partial charge in [0.15, 0.2) is 0 Å². The minimum Gasteiger partial charge on any atom is -0.506 e. The summed E-state index contributed by atoms with van der Waals surface area (Å²) in [5.41, 5.74) is 3.13. The van der Waals surface area contributed by atoms with Gasteiger partial charge >= 0.3 is 0 Å². The number of phenols is 1. The van der Waals surface area contributed by atoms with Crippen LogP contribution in [0.3, 0.4) is 0 Å². The van der Waals surface area contributed by atoms with Crippen LogP contribution in [-0.4, -0.2) is 16.9 Å². The molecule has 136 valence electrons. The lowest BCUT2D eigenvalue weighted by Crippen LogP contribution is -2.15. The van der Waals surface area contributed by atoms with E-state index >= 15 is 0 Å². The fourth-order valence-corrected chi connectivity index (χ4v) is 2.68. The third-order valence-electron chi connectivity index (χ3n) is 4.02. The van der Waals surface area contributed by atoms with E-state index in [1.165, 1.54) is 6.07 Å². The monoisotopic (exact) mass is 360 g/mol. The van der Waals surface area contributed by atoms with Gasteiger partial charge in [-0.2, -0.15) is 0 Å². The van der Waals surface area contributed by atoms with E-state index in [2.05, 4.69) is 10.6 Å². The second-order valence-corrected chi connectivity index (χ2v) is 6.27. The summed E-state index contributed by atoms with van der Waals surface area (Å²) in [6.45, 7) is 1.90. The zero-order chi connectivity index (χ0) is 19.2. The Morgan fingerprint density at radius 3 is 2.37 bits per heavy atom. The van der Waals surface area contributed by atoms with E-state index in [9.17, 15) is 14.7 Å². The van der Waals surface area contributed by atoms with Gasteiger partial charge in [0.25, 0.3) is 5.91 Å². The molecular weight excluding hydrogens is 340 g/mol. The number of aromatic hydroxyl groups is 1. The molecule has 0 saturated heterocycles. The van der Waals surface area contributed by atoms with Gasteiger partial charge in [-0.25, -0.2) is 0 Å². The van der Waals surface area contributed by atoms with Gasteiger partial charge in [-0.05, 0) is 36.8 Å². The first kappa shape index (κ1) is 18.2. The number of hydrogen-bond donors (Lipinski definition) is 3. The molecule has 0 unspecified atom stereocenters. The number of carbonyl (C=O) groups excluding carboxylic acids is 2. The molecule has 5 nitrogen and oxygen atoms in total. The SMILES string of the molecule is Cc1cccc(C(=O)Nc2ccc(NC(=O)Cc3ccccc3)cc2O)c1. The van der Waals surface area contributed by atoms with Gasteiger partial charge in [0.05, 0.1) is 12.1 Å². The molecule has 27 heavy (non-hydrogen) atoms. The van der Waals surface area contributed by atoms with Crippen LogP contribution in [0.4, 0.5) is 11.4 Å². The van der Waals surface area contributed by atoms with E-state index in [4.69, 9.17) is 0 Å². The molecule has 0 heterocycles. The van der Waals surface area contributed by atoms with E-state index in [1.54, 1.807) is 30.3 Å². The molecule has 0 atom stereocenters. The minimum absolute atomic E-state index is 0.117. The van der Waals surface area contributed by atoms with Crippen molar-refractivity contribution in [1.82, 2.24) is 0 Å². The number of phenolic OH excluding ortho intramolecular Hbond substituents is 1. The quantitative estimate of drug-likeness (QED) is 0.599. The number of aryl methyl sites for hydroxylation is 1. The van der Waals surface area contributed by atoms with E-state index in [0.29, 0.717) is 11.3 Å². The third kappa shape index (κ3) is 4.95. The molecule has 5 heteroatoms. The Morgan fingerprint density at radius 2 is 1.67 bits per heavy atom. The number of anilines is 2. The highest BCUT2D eigenvalue weighted by molar-refractivity contribution is 6.05. The molecule has 0 saturated carbocycles. The molecule has 3 N–H and O–H groups in total. The lowest BCUT2D eigenvalue weighted by molar-refractivity contribution is -0.115. The fourth-order valence-electron chi connectivity index (χ4n) is 2.68. The van der Waals surface area contributed by atoms with Gasteiger partial charge in [0.2, 0.25) is 5.91 Å². The summed E-state index contributed by atoms with van der Waals surface area (Å²) in [5, 5.41) is 15.6. The summed E-state index contributed by atoms with van der Waals surface area (Å²) in [6.07, 6.45) is 0.243. The number of benzene rings is 3. The van der Waals surface area contributed by atoms with Crippen molar-refractivity contribution in [3.05, 3.63) is 89.5 Å². The van der Waals surface area contributed by atoms with Gasteiger partial charge in [-0.1, -0.05) is 48.0 Å². The largest absolute Gasteiger partial charge is 0.506 e. The Bertz CT molecular complexity index is 968. The van der Waals surface area contributed by atoms with Crippen LogP contribution >= 0.6 is 0 Å². The van der Waals surface area contributed by atoms with Crippen LogP contribution in [0.2, 0.25) is 0 Å². The highest BCUT2D eigenvalue weighted by Gasteiger charge is 2.11. The Labute approximate surface area is 157 Å². The van der Waals surface area contributed by atoms with Crippen LogP contribution in [0.15, 0.2) is 72.8 Å². The van der Waals surface area contributed by atoms with E-state index in [1.807, 2.05) is 43.3 Å². The lowest BCUT2D eigenvalue weighted by atomic mass is 10.1. The molecule has 3 rings (SSSR count). The zero-order valence-electron chi connectivity index (χ0n) is 14.9. The van der Waals surface area contributed by atoms with Crippen LogP contribution in [0.5, 0.6) is 5.75 Å². The van der Waals surface area contributed by atoms with Crippen molar-refractivity contribution in [2.24, 2.45) is 0 Å². The summed E-state index contributed by atoms with van der Waals surface area (Å²) in [4.78, 5) is 24.4. The maximum absolute atomic E-state index is 12.3. The van der Waals surface area contributed by atoms with Crippen molar-refractivity contribution in [2.45, 2.75) is 13.3 Å². The second-order valence-electron chi connectivity index (χ2n) is 6.27. The molecule has 0 aliphatic heterocycles. The van der Waals surface area contributed by atoms with Crippen LogP contribution < -0.4 is 10.6 Å². The molecule has 3 aromatic carbocycles. The minimum atomic E-state index is -0.310. The van der Waals surface area contributed by atoms with Crippen molar-refractivity contribution in [2.75, 3.05) is 10.6 Å². The van der Waals surface area contributed by atoms with Gasteiger partial charge in [-0.3, -0.25) is 9.59 Å². The summed E-state index contributed by atoms with van der Waals surface area (Å²) in [5.74, 6) is -0.611. The van der Waals surface area contributed by atoms with E-state index in [0.717, 1.165) is 11.1 Å². The van der Waals surface area contributed by atoms with Crippen molar-refractivity contribution >= 4 is 23.2 Å². The number of carbonyl (C=O) groups is 2. The van der Waals surface area contributed by atoms with E-state index in [-0.39, 0.29) is 29.7 Å². The summed E-state index contributed by atoms with van der Waals surface area (Å²) < 4.78 is 0. The van der Waals surface area contributed by atoms with Gasteiger partial charge in [0.1, 0.15) is 5.75 Å². The second kappa shape index (κ2) is 8.19. The number of nitrogens with one attached hydrogen (secondary N) is 2. The van der Waals surface area contributed by atoms with Crippen molar-refractivity contribution < 1.29 is 14.7 Å². The number of rotatable bonds is 5. The number of amides is 2. The Balaban J connectivity index is 1.65. The van der Waals surface area contributed by atoms with Crippen molar-refractivity contribution in [3.8, 4) is 5.75 Å². The highest BCUT2D eigenvalue weighted by atomic mass is 16.3. The smallest absolute Gasteiger partial charge is 0.255 e. The van der Waals surface area contributed by atoms with Crippen LogP contribution in [0.1, 0.15) is 21.5 Å². The summed E-state index contributed by atoms with van der Waals surface area (Å²) in [6, 6.07) is 21.2. The Kier molecular flexibility index (Phi) is 5.52. The summed E-state index contributed by atoms with van der Waals surface area (Å²) in [7, 11) is 0. The molecule has 0 aliphatic carbocycles. The van der Waals surface area contributed by atoms with Gasteiger partial charge in [0, 0.05) is 17.3 Å². The molecule has 0 spiro atoms. The maximum Gasteiger partial charge on any atom is 0.255 e. The molecule has 0 fully saturated rings. The topological polar surface area (TPSA) is 78.4 Å². The zero-order valence-corrected chi connectivity index (χ0v) is 14.9. The van der Waals surface area contributed by atoms with Crippen LogP contribution in [0, 0.1) is 6.92 Å². The Morgan fingerprint density at radius 1 is 0.889 bits per heavy atom. The first-order valence-corrected chi connectivity index (χ1v) is 8.56. The third-order valence-corrected chi connectivity index (χ3v) is 4.02. The summed E-state index contributed by atoms with van der Waals surface area (Å²) >= 11 is 0. The molecular formula is C22H20N2O3.